The molecule has 2 aromatic rings. The number of benzene rings is 1. The summed E-state index contributed by atoms with van der Waals surface area (Å²) in [4.78, 5) is 11.9. The molecule has 0 radical (unpaired) electrons. The van der Waals surface area contributed by atoms with Crippen molar-refractivity contribution in [3.05, 3.63) is 34.8 Å². The monoisotopic (exact) mass is 347 g/mol. The van der Waals surface area contributed by atoms with Crippen LogP contribution in [0, 0.1) is 0 Å². The van der Waals surface area contributed by atoms with Crippen molar-refractivity contribution in [3.63, 3.8) is 0 Å². The molecular formula is C18H25N3O2S. The van der Waals surface area contributed by atoms with Crippen LogP contribution in [0.3, 0.4) is 0 Å². The molecular weight excluding hydrogens is 322 g/mol. The number of unbranched alkanes of at least 4 members (excludes halogenated alkanes) is 1. The highest BCUT2D eigenvalue weighted by Gasteiger charge is 2.08. The van der Waals surface area contributed by atoms with Gasteiger partial charge in [0, 0.05) is 12.8 Å². The molecule has 0 atom stereocenters. The summed E-state index contributed by atoms with van der Waals surface area (Å²) in [6, 6.07) is 8.07. The Bertz CT molecular complexity index is 625. The number of carbonyl (C=O) groups excluding carboxylic acids is 1. The van der Waals surface area contributed by atoms with Crippen molar-refractivity contribution >= 4 is 22.4 Å². The third-order valence-electron chi connectivity index (χ3n) is 3.61. The van der Waals surface area contributed by atoms with E-state index in [2.05, 4.69) is 41.5 Å². The molecule has 0 fully saturated rings. The van der Waals surface area contributed by atoms with E-state index in [1.807, 2.05) is 12.1 Å². The van der Waals surface area contributed by atoms with E-state index in [9.17, 15) is 4.79 Å². The molecule has 24 heavy (non-hydrogen) atoms. The Balaban J connectivity index is 1.64. The summed E-state index contributed by atoms with van der Waals surface area (Å²) in [5.74, 6) is 0.801. The number of ether oxygens (including phenoxy) is 1. The van der Waals surface area contributed by atoms with E-state index in [1.54, 1.807) is 0 Å². The van der Waals surface area contributed by atoms with Crippen LogP contribution in [0.25, 0.3) is 0 Å². The van der Waals surface area contributed by atoms with Gasteiger partial charge in [-0.1, -0.05) is 43.7 Å². The van der Waals surface area contributed by atoms with Gasteiger partial charge < -0.3 is 10.1 Å². The average molecular weight is 347 g/mol. The Morgan fingerprint density at radius 1 is 1.17 bits per heavy atom. The van der Waals surface area contributed by atoms with Gasteiger partial charge >= 0.3 is 0 Å². The summed E-state index contributed by atoms with van der Waals surface area (Å²) >= 11 is 1.46. The number of hydrogen-bond donors (Lipinski definition) is 1. The van der Waals surface area contributed by atoms with Gasteiger partial charge in [0.05, 0.1) is 6.61 Å². The van der Waals surface area contributed by atoms with E-state index in [4.69, 9.17) is 4.74 Å². The maximum atomic E-state index is 11.9. The SMILES string of the molecule is CCCCc1nnc(NC(=O)CCCOc2ccc(CC)cc2)s1. The Kier molecular flexibility index (Phi) is 7.68. The zero-order valence-corrected chi connectivity index (χ0v) is 15.2. The molecule has 130 valence electrons. The second-order valence-electron chi connectivity index (χ2n) is 5.60. The fraction of sp³-hybridized carbons (Fsp3) is 0.500. The number of nitrogens with zero attached hydrogens (tertiary/aromatic N) is 2. The van der Waals surface area contributed by atoms with Gasteiger partial charge in [0.25, 0.3) is 0 Å². The molecule has 1 aromatic carbocycles. The normalized spacial score (nSPS) is 10.6. The zero-order chi connectivity index (χ0) is 17.2. The first-order valence-corrected chi connectivity index (χ1v) is 9.37. The van der Waals surface area contributed by atoms with Crippen LogP contribution >= 0.6 is 11.3 Å². The molecule has 0 bridgehead atoms. The molecule has 2 rings (SSSR count). The minimum Gasteiger partial charge on any atom is -0.494 e. The van der Waals surface area contributed by atoms with Crippen molar-refractivity contribution in [2.45, 2.75) is 52.4 Å². The number of hydrogen-bond acceptors (Lipinski definition) is 5. The molecule has 1 N–H and O–H groups in total. The Morgan fingerprint density at radius 3 is 2.67 bits per heavy atom. The lowest BCUT2D eigenvalue weighted by atomic mass is 10.2. The summed E-state index contributed by atoms with van der Waals surface area (Å²) in [5.41, 5.74) is 1.29. The van der Waals surface area contributed by atoms with Gasteiger partial charge in [0.2, 0.25) is 11.0 Å². The molecule has 1 heterocycles. The van der Waals surface area contributed by atoms with Crippen LogP contribution in [0.2, 0.25) is 0 Å². The molecule has 0 saturated carbocycles. The van der Waals surface area contributed by atoms with E-state index in [1.165, 1.54) is 16.9 Å². The van der Waals surface area contributed by atoms with Crippen LogP contribution in [0.1, 0.15) is 50.1 Å². The van der Waals surface area contributed by atoms with Crippen LogP contribution in [0.5, 0.6) is 5.75 Å². The van der Waals surface area contributed by atoms with Crippen molar-refractivity contribution in [1.29, 1.82) is 0 Å². The minimum atomic E-state index is -0.0434. The van der Waals surface area contributed by atoms with Crippen molar-refractivity contribution in [3.8, 4) is 5.75 Å². The maximum absolute atomic E-state index is 11.9. The average Bonchev–Trinajstić information content (AvgIpc) is 3.04. The fourth-order valence-corrected chi connectivity index (χ4v) is 2.96. The third kappa shape index (κ3) is 6.28. The molecule has 0 unspecified atom stereocenters. The Labute approximate surface area is 147 Å². The van der Waals surface area contributed by atoms with Crippen LogP contribution < -0.4 is 10.1 Å². The molecule has 0 aliphatic rings. The van der Waals surface area contributed by atoms with Crippen molar-refractivity contribution in [1.82, 2.24) is 10.2 Å². The second-order valence-corrected chi connectivity index (χ2v) is 6.66. The molecule has 6 heteroatoms. The lowest BCUT2D eigenvalue weighted by Crippen LogP contribution is -2.12. The van der Waals surface area contributed by atoms with Gasteiger partial charge in [0.1, 0.15) is 10.8 Å². The van der Waals surface area contributed by atoms with Gasteiger partial charge in [-0.2, -0.15) is 0 Å². The predicted molar refractivity (Wildman–Crippen MR) is 97.7 cm³/mol. The number of anilines is 1. The molecule has 1 amide bonds. The standard InChI is InChI=1S/C18H25N3O2S/c1-3-5-8-17-20-21-18(24-17)19-16(22)7-6-13-23-15-11-9-14(4-2)10-12-15/h9-12H,3-8,13H2,1-2H3,(H,19,21,22). The first-order chi connectivity index (χ1) is 11.7. The number of rotatable bonds is 10. The highest BCUT2D eigenvalue weighted by molar-refractivity contribution is 7.15. The van der Waals surface area contributed by atoms with E-state index < -0.39 is 0 Å². The van der Waals surface area contributed by atoms with Gasteiger partial charge in [-0.3, -0.25) is 4.79 Å². The highest BCUT2D eigenvalue weighted by Crippen LogP contribution is 2.17. The molecule has 1 aromatic heterocycles. The number of carbonyl (C=O) groups is 1. The third-order valence-corrected chi connectivity index (χ3v) is 4.50. The van der Waals surface area contributed by atoms with E-state index >= 15 is 0 Å². The molecule has 0 saturated heterocycles. The van der Waals surface area contributed by atoms with Crippen LogP contribution in [0.4, 0.5) is 5.13 Å². The topological polar surface area (TPSA) is 64.1 Å². The van der Waals surface area contributed by atoms with Gasteiger partial charge in [-0.15, -0.1) is 10.2 Å². The van der Waals surface area contributed by atoms with Gasteiger partial charge in [-0.05, 0) is 37.0 Å². The first kappa shape index (κ1) is 18.4. The lowest BCUT2D eigenvalue weighted by molar-refractivity contribution is -0.116. The summed E-state index contributed by atoms with van der Waals surface area (Å²) in [6.45, 7) is 4.79. The largest absolute Gasteiger partial charge is 0.494 e. The Morgan fingerprint density at radius 2 is 1.96 bits per heavy atom. The predicted octanol–water partition coefficient (Wildman–Crippen LogP) is 4.24. The number of nitrogens with one attached hydrogen (secondary N) is 1. The smallest absolute Gasteiger partial charge is 0.226 e. The molecule has 5 nitrogen and oxygen atoms in total. The first-order valence-electron chi connectivity index (χ1n) is 8.55. The summed E-state index contributed by atoms with van der Waals surface area (Å²) in [6.07, 6.45) is 5.25. The van der Waals surface area contributed by atoms with E-state index in [0.29, 0.717) is 24.6 Å². The van der Waals surface area contributed by atoms with Gasteiger partial charge in [-0.25, -0.2) is 0 Å². The summed E-state index contributed by atoms with van der Waals surface area (Å²) < 4.78 is 5.65. The molecule has 0 aliphatic carbocycles. The summed E-state index contributed by atoms with van der Waals surface area (Å²) in [7, 11) is 0. The minimum absolute atomic E-state index is 0.0434. The lowest BCUT2D eigenvalue weighted by Gasteiger charge is -2.06. The summed E-state index contributed by atoms with van der Waals surface area (Å²) in [5, 5.41) is 12.5. The second kappa shape index (κ2) is 10.0. The number of aromatic nitrogens is 2. The van der Waals surface area contributed by atoms with Crippen molar-refractivity contribution in [2.24, 2.45) is 0 Å². The highest BCUT2D eigenvalue weighted by atomic mass is 32.1. The number of amides is 1. The van der Waals surface area contributed by atoms with Crippen molar-refractivity contribution in [2.75, 3.05) is 11.9 Å². The van der Waals surface area contributed by atoms with Crippen LogP contribution in [0.15, 0.2) is 24.3 Å². The quantitative estimate of drug-likeness (QED) is 0.653. The van der Waals surface area contributed by atoms with Crippen LogP contribution in [-0.2, 0) is 17.6 Å². The number of aryl methyl sites for hydroxylation is 2. The zero-order valence-electron chi connectivity index (χ0n) is 14.4. The molecule has 0 spiro atoms. The van der Waals surface area contributed by atoms with E-state index in [0.717, 1.165) is 36.4 Å². The van der Waals surface area contributed by atoms with Crippen LogP contribution in [-0.4, -0.2) is 22.7 Å². The fourth-order valence-electron chi connectivity index (χ4n) is 2.16. The van der Waals surface area contributed by atoms with Crippen molar-refractivity contribution < 1.29 is 9.53 Å². The Hall–Kier alpha value is -1.95. The maximum Gasteiger partial charge on any atom is 0.226 e. The molecule has 0 aliphatic heterocycles. The van der Waals surface area contributed by atoms with Gasteiger partial charge in [0.15, 0.2) is 0 Å². The van der Waals surface area contributed by atoms with E-state index in [-0.39, 0.29) is 5.91 Å².